The molecule has 0 fully saturated rings. The molecule has 0 aromatic heterocycles. The van der Waals surface area contributed by atoms with Crippen molar-refractivity contribution in [3.8, 4) is 0 Å². The zero-order valence-corrected chi connectivity index (χ0v) is 22.8. The summed E-state index contributed by atoms with van der Waals surface area (Å²) in [7, 11) is -3.75. The number of aryl methyl sites for hydroxylation is 2. The van der Waals surface area contributed by atoms with Crippen LogP contribution in [0.5, 0.6) is 0 Å². The summed E-state index contributed by atoms with van der Waals surface area (Å²) < 4.78 is 26.8. The van der Waals surface area contributed by atoms with Gasteiger partial charge in [-0.05, 0) is 64.2 Å². The van der Waals surface area contributed by atoms with Crippen LogP contribution in [0.3, 0.4) is 0 Å². The molecule has 1 unspecified atom stereocenters. The number of rotatable bonds is 10. The van der Waals surface area contributed by atoms with Gasteiger partial charge in [-0.1, -0.05) is 55.5 Å². The van der Waals surface area contributed by atoms with Crippen molar-refractivity contribution in [3.63, 3.8) is 0 Å². The van der Waals surface area contributed by atoms with Crippen molar-refractivity contribution in [3.05, 3.63) is 65.2 Å². The molecular formula is C27H39N3O4S. The quantitative estimate of drug-likeness (QED) is 0.536. The zero-order chi connectivity index (χ0) is 26.4. The van der Waals surface area contributed by atoms with Crippen LogP contribution in [0.25, 0.3) is 0 Å². The lowest BCUT2D eigenvalue weighted by atomic mass is 10.1. The first-order valence-corrected chi connectivity index (χ1v) is 13.8. The summed E-state index contributed by atoms with van der Waals surface area (Å²) in [4.78, 5) is 28.4. The molecule has 0 heterocycles. The van der Waals surface area contributed by atoms with E-state index < -0.39 is 27.5 Å². The van der Waals surface area contributed by atoms with Crippen LogP contribution in [-0.4, -0.2) is 56.1 Å². The van der Waals surface area contributed by atoms with Gasteiger partial charge in [-0.15, -0.1) is 0 Å². The maximum atomic E-state index is 13.7. The van der Waals surface area contributed by atoms with Crippen molar-refractivity contribution >= 4 is 27.5 Å². The second kappa shape index (κ2) is 11.7. The lowest BCUT2D eigenvalue weighted by molar-refractivity contribution is -0.140. The van der Waals surface area contributed by atoms with Crippen LogP contribution in [0.15, 0.2) is 48.5 Å². The summed E-state index contributed by atoms with van der Waals surface area (Å²) in [5, 5.41) is 2.97. The molecule has 7 nitrogen and oxygen atoms in total. The molecule has 8 heteroatoms. The van der Waals surface area contributed by atoms with Gasteiger partial charge in [0.15, 0.2) is 0 Å². The molecule has 0 bridgehead atoms. The van der Waals surface area contributed by atoms with Gasteiger partial charge in [0.25, 0.3) is 0 Å². The summed E-state index contributed by atoms with van der Waals surface area (Å²) >= 11 is 0. The molecule has 0 radical (unpaired) electrons. The highest BCUT2D eigenvalue weighted by atomic mass is 32.2. The second-order valence-corrected chi connectivity index (χ2v) is 11.9. The van der Waals surface area contributed by atoms with Crippen LogP contribution in [0.2, 0.25) is 0 Å². The van der Waals surface area contributed by atoms with Crippen molar-refractivity contribution in [1.82, 2.24) is 10.2 Å². The summed E-state index contributed by atoms with van der Waals surface area (Å²) in [6.07, 6.45) is 2.06. The van der Waals surface area contributed by atoms with Gasteiger partial charge in [-0.2, -0.15) is 0 Å². The Kier molecular flexibility index (Phi) is 9.49. The van der Waals surface area contributed by atoms with E-state index in [9.17, 15) is 18.0 Å². The van der Waals surface area contributed by atoms with Crippen molar-refractivity contribution in [2.75, 3.05) is 23.7 Å². The minimum atomic E-state index is -3.75. The Labute approximate surface area is 210 Å². The number of para-hydroxylation sites is 1. The van der Waals surface area contributed by atoms with E-state index in [0.29, 0.717) is 25.1 Å². The molecule has 2 aromatic carbocycles. The first-order valence-electron chi connectivity index (χ1n) is 11.9. The Balaban J connectivity index is 2.44. The number of hydrogen-bond donors (Lipinski definition) is 1. The molecule has 1 atom stereocenters. The number of carbonyl (C=O) groups is 2. The van der Waals surface area contributed by atoms with Crippen molar-refractivity contribution in [2.45, 2.75) is 66.0 Å². The van der Waals surface area contributed by atoms with Crippen molar-refractivity contribution < 1.29 is 18.0 Å². The average Bonchev–Trinajstić information content (AvgIpc) is 2.74. The summed E-state index contributed by atoms with van der Waals surface area (Å²) in [5.74, 6) is -0.663. The van der Waals surface area contributed by atoms with E-state index in [0.717, 1.165) is 27.3 Å². The first kappa shape index (κ1) is 28.4. The predicted molar refractivity (Wildman–Crippen MR) is 142 cm³/mol. The Morgan fingerprint density at radius 2 is 1.54 bits per heavy atom. The van der Waals surface area contributed by atoms with Crippen LogP contribution in [-0.2, 0) is 26.0 Å². The number of amides is 2. The molecule has 0 saturated carbocycles. The molecule has 2 amide bonds. The van der Waals surface area contributed by atoms with Gasteiger partial charge in [0.05, 0.1) is 11.9 Å². The van der Waals surface area contributed by atoms with Gasteiger partial charge < -0.3 is 10.2 Å². The smallest absolute Gasteiger partial charge is 0.244 e. The third kappa shape index (κ3) is 8.09. The number of hydrogen-bond acceptors (Lipinski definition) is 4. The van der Waals surface area contributed by atoms with Crippen LogP contribution in [0, 0.1) is 13.8 Å². The van der Waals surface area contributed by atoms with Crippen molar-refractivity contribution in [1.29, 1.82) is 0 Å². The lowest BCUT2D eigenvalue weighted by Gasteiger charge is -2.35. The highest BCUT2D eigenvalue weighted by Gasteiger charge is 2.33. The number of carbonyl (C=O) groups excluding carboxylic acids is 2. The summed E-state index contributed by atoms with van der Waals surface area (Å²) in [5.41, 5.74) is 2.59. The van der Waals surface area contributed by atoms with E-state index in [1.165, 1.54) is 4.90 Å². The Bertz CT molecular complexity index is 1100. The zero-order valence-electron chi connectivity index (χ0n) is 22.0. The second-order valence-electron chi connectivity index (χ2n) is 10.00. The van der Waals surface area contributed by atoms with E-state index in [1.807, 2.05) is 90.1 Å². The number of benzene rings is 2. The molecule has 0 aliphatic carbocycles. The fraction of sp³-hybridized carbons (Fsp3) is 0.481. The monoisotopic (exact) mass is 501 g/mol. The third-order valence-corrected chi connectivity index (χ3v) is 6.85. The fourth-order valence-electron chi connectivity index (χ4n) is 4.12. The third-order valence-electron chi connectivity index (χ3n) is 5.74. The number of anilines is 1. The summed E-state index contributed by atoms with van der Waals surface area (Å²) in [6, 6.07) is 14.5. The Hall–Kier alpha value is -2.87. The Morgan fingerprint density at radius 1 is 0.971 bits per heavy atom. The highest BCUT2D eigenvalue weighted by Crippen LogP contribution is 2.27. The van der Waals surface area contributed by atoms with Gasteiger partial charge >= 0.3 is 0 Å². The van der Waals surface area contributed by atoms with E-state index in [4.69, 9.17) is 0 Å². The minimum Gasteiger partial charge on any atom is -0.350 e. The van der Waals surface area contributed by atoms with Gasteiger partial charge in [0.2, 0.25) is 21.8 Å². The molecular weight excluding hydrogens is 462 g/mol. The van der Waals surface area contributed by atoms with Crippen LogP contribution < -0.4 is 9.62 Å². The predicted octanol–water partition coefficient (Wildman–Crippen LogP) is 3.83. The maximum Gasteiger partial charge on any atom is 0.244 e. The Morgan fingerprint density at radius 3 is 2.03 bits per heavy atom. The minimum absolute atomic E-state index is 0.251. The molecule has 1 N–H and O–H groups in total. The molecule has 192 valence electrons. The van der Waals surface area contributed by atoms with E-state index >= 15 is 0 Å². The molecule has 2 rings (SSSR count). The molecule has 0 saturated heterocycles. The van der Waals surface area contributed by atoms with E-state index in [2.05, 4.69) is 5.32 Å². The normalized spacial score (nSPS) is 12.7. The molecule has 0 aliphatic heterocycles. The lowest BCUT2D eigenvalue weighted by Crippen LogP contribution is -2.56. The fourth-order valence-corrected chi connectivity index (χ4v) is 5.09. The van der Waals surface area contributed by atoms with E-state index in [-0.39, 0.29) is 12.5 Å². The summed E-state index contributed by atoms with van der Waals surface area (Å²) in [6.45, 7) is 11.1. The van der Waals surface area contributed by atoms with Crippen LogP contribution in [0.4, 0.5) is 5.69 Å². The van der Waals surface area contributed by atoms with Gasteiger partial charge in [0.1, 0.15) is 12.6 Å². The number of nitrogens with zero attached hydrogens (tertiary/aromatic N) is 2. The molecule has 0 aliphatic rings. The van der Waals surface area contributed by atoms with E-state index in [1.54, 1.807) is 0 Å². The van der Waals surface area contributed by atoms with Crippen LogP contribution in [0.1, 0.15) is 50.8 Å². The molecule has 0 spiro atoms. The SMILES string of the molecule is CCC(C(=O)NC(C)(C)C)N(CCc1ccccc1)C(=O)CN(c1c(C)cccc1C)S(C)(=O)=O. The standard InChI is InChI=1S/C27H39N3O4S/c1-8-23(26(32)28-27(4,5)6)29(18-17-22-15-10-9-11-16-22)24(31)19-30(35(7,33)34)25-20(2)13-12-14-21(25)3/h9-16,23H,8,17-19H2,1-7H3,(H,28,32). The largest absolute Gasteiger partial charge is 0.350 e. The number of sulfonamides is 1. The topological polar surface area (TPSA) is 86.8 Å². The maximum absolute atomic E-state index is 13.7. The molecule has 35 heavy (non-hydrogen) atoms. The van der Waals surface area contributed by atoms with Gasteiger partial charge in [-0.25, -0.2) is 8.42 Å². The van der Waals surface area contributed by atoms with Crippen molar-refractivity contribution in [2.24, 2.45) is 0 Å². The van der Waals surface area contributed by atoms with Crippen LogP contribution >= 0.6 is 0 Å². The first-order chi connectivity index (χ1) is 16.2. The number of nitrogens with one attached hydrogen (secondary N) is 1. The average molecular weight is 502 g/mol. The van der Waals surface area contributed by atoms with Gasteiger partial charge in [-0.3, -0.25) is 13.9 Å². The van der Waals surface area contributed by atoms with Gasteiger partial charge in [0, 0.05) is 12.1 Å². The highest BCUT2D eigenvalue weighted by molar-refractivity contribution is 7.92. The molecule has 2 aromatic rings.